The van der Waals surface area contributed by atoms with Gasteiger partial charge in [-0.05, 0) is 55.8 Å². The van der Waals surface area contributed by atoms with Gasteiger partial charge in [-0.15, -0.1) is 0 Å². The fourth-order valence-electron chi connectivity index (χ4n) is 3.54. The van der Waals surface area contributed by atoms with Crippen molar-refractivity contribution < 1.29 is 0 Å². The van der Waals surface area contributed by atoms with Crippen LogP contribution in [0.5, 0.6) is 0 Å². The molecule has 19 heavy (non-hydrogen) atoms. The summed E-state index contributed by atoms with van der Waals surface area (Å²) in [6, 6.07) is 9.09. The zero-order chi connectivity index (χ0) is 12.9. The molecule has 2 aliphatic rings. The Morgan fingerprint density at radius 3 is 2.47 bits per heavy atom. The monoisotopic (exact) mass is 255 g/mol. The minimum atomic E-state index is 0.809. The topological polar surface area (TPSA) is 12.0 Å². The molecule has 0 amide bonds. The van der Waals surface area contributed by atoms with E-state index in [1.807, 2.05) is 0 Å². The van der Waals surface area contributed by atoms with Crippen LogP contribution in [0.25, 0.3) is 6.08 Å². The Morgan fingerprint density at radius 2 is 1.68 bits per heavy atom. The third-order valence-corrected chi connectivity index (χ3v) is 4.65. The van der Waals surface area contributed by atoms with Crippen LogP contribution < -0.4 is 5.32 Å². The number of piperidine rings is 1. The van der Waals surface area contributed by atoms with Gasteiger partial charge in [0.1, 0.15) is 0 Å². The van der Waals surface area contributed by atoms with Crippen molar-refractivity contribution in [3.8, 4) is 0 Å². The van der Waals surface area contributed by atoms with E-state index in [2.05, 4.69) is 35.7 Å². The largest absolute Gasteiger partial charge is 0.316 e. The molecular formula is C18H25N. The second kappa shape index (κ2) is 6.38. The lowest BCUT2D eigenvalue weighted by Crippen LogP contribution is -2.23. The molecular weight excluding hydrogens is 230 g/mol. The van der Waals surface area contributed by atoms with E-state index < -0.39 is 0 Å². The van der Waals surface area contributed by atoms with Crippen LogP contribution in [0.15, 0.2) is 29.8 Å². The Labute approximate surface area is 117 Å². The van der Waals surface area contributed by atoms with Gasteiger partial charge in [-0.25, -0.2) is 0 Å². The van der Waals surface area contributed by atoms with E-state index in [4.69, 9.17) is 0 Å². The average molecular weight is 255 g/mol. The summed E-state index contributed by atoms with van der Waals surface area (Å²) < 4.78 is 0. The molecule has 1 heterocycles. The molecule has 0 aromatic heterocycles. The molecule has 0 bridgehead atoms. The summed E-state index contributed by atoms with van der Waals surface area (Å²) in [6.07, 6.45) is 12.0. The van der Waals surface area contributed by atoms with Crippen LogP contribution in [0.4, 0.5) is 0 Å². The molecule has 1 aromatic carbocycles. The van der Waals surface area contributed by atoms with Gasteiger partial charge in [-0.1, -0.05) is 55.2 Å². The molecule has 1 heteroatoms. The zero-order valence-corrected chi connectivity index (χ0v) is 11.8. The molecule has 1 saturated carbocycles. The molecule has 1 saturated heterocycles. The van der Waals surface area contributed by atoms with Crippen LogP contribution in [0.1, 0.15) is 62.0 Å². The number of hydrogen-bond acceptors (Lipinski definition) is 1. The Balaban J connectivity index is 1.83. The SMILES string of the molecule is C(=C1CCNCC1)c1ccccc1C1CCCCC1. The Morgan fingerprint density at radius 1 is 0.947 bits per heavy atom. The maximum absolute atomic E-state index is 3.44. The summed E-state index contributed by atoms with van der Waals surface area (Å²) in [5.74, 6) is 0.809. The van der Waals surface area contributed by atoms with Crippen molar-refractivity contribution in [3.63, 3.8) is 0 Å². The Kier molecular flexibility index (Phi) is 4.34. The average Bonchev–Trinajstić information content (AvgIpc) is 2.50. The van der Waals surface area contributed by atoms with Gasteiger partial charge in [0.2, 0.25) is 0 Å². The van der Waals surface area contributed by atoms with E-state index in [9.17, 15) is 0 Å². The number of hydrogen-bond donors (Lipinski definition) is 1. The highest BCUT2D eigenvalue weighted by Crippen LogP contribution is 2.35. The van der Waals surface area contributed by atoms with E-state index in [1.54, 1.807) is 11.1 Å². The molecule has 2 fully saturated rings. The lowest BCUT2D eigenvalue weighted by molar-refractivity contribution is 0.443. The molecule has 0 atom stereocenters. The van der Waals surface area contributed by atoms with Gasteiger partial charge in [0, 0.05) is 0 Å². The van der Waals surface area contributed by atoms with Crippen LogP contribution in [0.2, 0.25) is 0 Å². The Bertz CT molecular complexity index is 433. The van der Waals surface area contributed by atoms with Crippen molar-refractivity contribution >= 4 is 6.08 Å². The number of benzene rings is 1. The second-order valence-electron chi connectivity index (χ2n) is 6.02. The van der Waals surface area contributed by atoms with E-state index >= 15 is 0 Å². The van der Waals surface area contributed by atoms with Crippen molar-refractivity contribution in [2.75, 3.05) is 13.1 Å². The minimum absolute atomic E-state index is 0.809. The van der Waals surface area contributed by atoms with Crippen molar-refractivity contribution in [1.29, 1.82) is 0 Å². The van der Waals surface area contributed by atoms with Crippen molar-refractivity contribution in [2.45, 2.75) is 50.9 Å². The van der Waals surface area contributed by atoms with Gasteiger partial charge in [-0.2, -0.15) is 0 Å². The molecule has 102 valence electrons. The molecule has 3 rings (SSSR count). The molecule has 1 aromatic rings. The van der Waals surface area contributed by atoms with E-state index in [-0.39, 0.29) is 0 Å². The van der Waals surface area contributed by atoms with Gasteiger partial charge in [-0.3, -0.25) is 0 Å². The van der Waals surface area contributed by atoms with Crippen molar-refractivity contribution in [2.24, 2.45) is 0 Å². The van der Waals surface area contributed by atoms with Gasteiger partial charge in [0.25, 0.3) is 0 Å². The minimum Gasteiger partial charge on any atom is -0.316 e. The predicted molar refractivity (Wildman–Crippen MR) is 82.3 cm³/mol. The lowest BCUT2D eigenvalue weighted by atomic mass is 9.81. The highest BCUT2D eigenvalue weighted by Gasteiger charge is 2.17. The zero-order valence-electron chi connectivity index (χ0n) is 11.8. The first-order valence-corrected chi connectivity index (χ1v) is 7.92. The molecule has 0 radical (unpaired) electrons. The lowest BCUT2D eigenvalue weighted by Gasteiger charge is -2.24. The van der Waals surface area contributed by atoms with Crippen LogP contribution in [-0.4, -0.2) is 13.1 Å². The summed E-state index contributed by atoms with van der Waals surface area (Å²) in [4.78, 5) is 0. The van der Waals surface area contributed by atoms with Gasteiger partial charge in [0.05, 0.1) is 0 Å². The molecule has 1 aliphatic carbocycles. The standard InChI is InChI=1S/C18H25N/c1-2-6-16(7-3-1)18-9-5-4-8-17(18)14-15-10-12-19-13-11-15/h4-5,8-9,14,16,19H,1-3,6-7,10-13H2. The van der Waals surface area contributed by atoms with Crippen LogP contribution in [0.3, 0.4) is 0 Å². The third kappa shape index (κ3) is 3.27. The predicted octanol–water partition coefficient (Wildman–Crippen LogP) is 4.50. The van der Waals surface area contributed by atoms with Gasteiger partial charge < -0.3 is 5.32 Å². The molecule has 1 nitrogen and oxygen atoms in total. The summed E-state index contributed by atoms with van der Waals surface area (Å²) >= 11 is 0. The van der Waals surface area contributed by atoms with E-state index in [0.29, 0.717) is 0 Å². The fraction of sp³-hybridized carbons (Fsp3) is 0.556. The highest BCUT2D eigenvalue weighted by molar-refractivity contribution is 5.58. The van der Waals surface area contributed by atoms with Crippen molar-refractivity contribution in [1.82, 2.24) is 5.32 Å². The summed E-state index contributed by atoms with van der Waals surface area (Å²) in [7, 11) is 0. The normalized spacial score (nSPS) is 21.4. The fourth-order valence-corrected chi connectivity index (χ4v) is 3.54. The van der Waals surface area contributed by atoms with Crippen molar-refractivity contribution in [3.05, 3.63) is 41.0 Å². The first-order valence-electron chi connectivity index (χ1n) is 7.92. The quantitative estimate of drug-likeness (QED) is 0.820. The van der Waals surface area contributed by atoms with Crippen LogP contribution in [0, 0.1) is 0 Å². The van der Waals surface area contributed by atoms with E-state index in [1.165, 1.54) is 50.5 Å². The third-order valence-electron chi connectivity index (χ3n) is 4.65. The maximum Gasteiger partial charge on any atom is -0.00113 e. The van der Waals surface area contributed by atoms with E-state index in [0.717, 1.165) is 19.0 Å². The van der Waals surface area contributed by atoms with Gasteiger partial charge >= 0.3 is 0 Å². The molecule has 1 aliphatic heterocycles. The van der Waals surface area contributed by atoms with Crippen LogP contribution in [-0.2, 0) is 0 Å². The molecule has 0 unspecified atom stereocenters. The number of rotatable bonds is 2. The maximum atomic E-state index is 3.44. The van der Waals surface area contributed by atoms with Crippen LogP contribution >= 0.6 is 0 Å². The first-order chi connectivity index (χ1) is 9.43. The summed E-state index contributed by atoms with van der Waals surface area (Å²) in [5, 5.41) is 3.44. The second-order valence-corrected chi connectivity index (χ2v) is 6.02. The highest BCUT2D eigenvalue weighted by atomic mass is 14.9. The summed E-state index contributed by atoms with van der Waals surface area (Å²) in [6.45, 7) is 2.30. The van der Waals surface area contributed by atoms with Gasteiger partial charge in [0.15, 0.2) is 0 Å². The molecule has 1 N–H and O–H groups in total. The summed E-state index contributed by atoms with van der Waals surface area (Å²) in [5.41, 5.74) is 4.72. The Hall–Kier alpha value is -1.08. The first kappa shape index (κ1) is 12.9. The number of nitrogens with one attached hydrogen (secondary N) is 1. The molecule has 0 spiro atoms. The smallest absolute Gasteiger partial charge is 0.00113 e.